The summed E-state index contributed by atoms with van der Waals surface area (Å²) in [7, 11) is 3.26. The van der Waals surface area contributed by atoms with Gasteiger partial charge >= 0.3 is 12.4 Å². The first-order chi connectivity index (χ1) is 18.7. The number of carbonyl (C=O) groups excluding carboxylic acids is 1. The number of piperazine rings is 1. The van der Waals surface area contributed by atoms with Gasteiger partial charge in [-0.15, -0.1) is 0 Å². The van der Waals surface area contributed by atoms with Crippen LogP contribution in [0.25, 0.3) is 0 Å². The second-order valence-electron chi connectivity index (χ2n) is 9.44. The standard InChI is InChI=1S/C27H25ClF6N4O2/c1-36-7-9-38(10-8-36)24-14-23(40-22-6-4-3-5-21(22)28)20(15-35-24)25(39)37(2)16-17-11-18(26(29,30)31)13-19(12-17)27(32,33)34/h3-6,11-15H,7-10,16H2,1-2H3. The van der Waals surface area contributed by atoms with Crippen molar-refractivity contribution >= 4 is 23.3 Å². The third-order valence-electron chi connectivity index (χ3n) is 6.38. The second-order valence-corrected chi connectivity index (χ2v) is 9.84. The van der Waals surface area contributed by atoms with Gasteiger partial charge in [0.1, 0.15) is 22.9 Å². The molecule has 214 valence electrons. The molecule has 1 aromatic heterocycles. The summed E-state index contributed by atoms with van der Waals surface area (Å²) in [5, 5.41) is 0.274. The van der Waals surface area contributed by atoms with Crippen LogP contribution in [0.1, 0.15) is 27.0 Å². The zero-order valence-corrected chi connectivity index (χ0v) is 22.2. The van der Waals surface area contributed by atoms with Gasteiger partial charge in [-0.05, 0) is 42.9 Å². The average molecular weight is 587 g/mol. The predicted molar refractivity (Wildman–Crippen MR) is 138 cm³/mol. The largest absolute Gasteiger partial charge is 0.455 e. The molecular formula is C27H25ClF6N4O2. The Bertz CT molecular complexity index is 1340. The molecule has 1 amide bonds. The van der Waals surface area contributed by atoms with Crippen molar-refractivity contribution in [3.63, 3.8) is 0 Å². The molecule has 2 heterocycles. The summed E-state index contributed by atoms with van der Waals surface area (Å²) in [6.45, 7) is 2.42. The van der Waals surface area contributed by atoms with Gasteiger partial charge in [0.25, 0.3) is 5.91 Å². The highest BCUT2D eigenvalue weighted by Gasteiger charge is 2.37. The van der Waals surface area contributed by atoms with Gasteiger partial charge in [0.2, 0.25) is 0 Å². The van der Waals surface area contributed by atoms with E-state index in [1.807, 2.05) is 11.9 Å². The Kier molecular flexibility index (Phi) is 8.50. The molecule has 1 saturated heterocycles. The molecule has 1 aliphatic heterocycles. The van der Waals surface area contributed by atoms with E-state index in [1.54, 1.807) is 30.3 Å². The molecule has 1 fully saturated rings. The molecule has 0 saturated carbocycles. The van der Waals surface area contributed by atoms with E-state index in [-0.39, 0.29) is 33.7 Å². The fourth-order valence-electron chi connectivity index (χ4n) is 4.19. The van der Waals surface area contributed by atoms with E-state index in [2.05, 4.69) is 9.88 Å². The number of nitrogens with zero attached hydrogens (tertiary/aromatic N) is 4. The first-order valence-electron chi connectivity index (χ1n) is 12.1. The number of pyridine rings is 1. The van der Waals surface area contributed by atoms with Gasteiger partial charge in [-0.3, -0.25) is 4.79 Å². The maximum Gasteiger partial charge on any atom is 0.416 e. The van der Waals surface area contributed by atoms with Crippen molar-refractivity contribution in [1.29, 1.82) is 0 Å². The molecule has 40 heavy (non-hydrogen) atoms. The number of anilines is 1. The van der Waals surface area contributed by atoms with E-state index >= 15 is 0 Å². The first-order valence-corrected chi connectivity index (χ1v) is 12.5. The molecule has 0 atom stereocenters. The van der Waals surface area contributed by atoms with Gasteiger partial charge in [0.15, 0.2) is 0 Å². The molecule has 0 bridgehead atoms. The van der Waals surface area contributed by atoms with E-state index < -0.39 is 35.9 Å². The number of hydrogen-bond acceptors (Lipinski definition) is 5. The quantitative estimate of drug-likeness (QED) is 0.305. The number of alkyl halides is 6. The molecule has 0 spiro atoms. The number of ether oxygens (including phenoxy) is 1. The average Bonchev–Trinajstić information content (AvgIpc) is 2.89. The fourth-order valence-corrected chi connectivity index (χ4v) is 4.36. The van der Waals surface area contributed by atoms with E-state index in [1.165, 1.54) is 13.2 Å². The zero-order chi connectivity index (χ0) is 29.2. The third-order valence-corrected chi connectivity index (χ3v) is 6.69. The van der Waals surface area contributed by atoms with Crippen LogP contribution < -0.4 is 9.64 Å². The van der Waals surface area contributed by atoms with Crippen molar-refractivity contribution < 1.29 is 35.9 Å². The maximum atomic E-state index is 13.4. The number of hydrogen-bond donors (Lipinski definition) is 0. The molecule has 6 nitrogen and oxygen atoms in total. The monoisotopic (exact) mass is 586 g/mol. The summed E-state index contributed by atoms with van der Waals surface area (Å²) in [5.41, 5.74) is -3.30. The van der Waals surface area contributed by atoms with Crippen molar-refractivity contribution in [3.8, 4) is 11.5 Å². The van der Waals surface area contributed by atoms with Gasteiger partial charge in [-0.25, -0.2) is 4.98 Å². The van der Waals surface area contributed by atoms with Crippen LogP contribution >= 0.6 is 11.6 Å². The molecule has 4 rings (SSSR count). The molecule has 13 heteroatoms. The maximum absolute atomic E-state index is 13.4. The number of carbonyl (C=O) groups is 1. The zero-order valence-electron chi connectivity index (χ0n) is 21.5. The minimum absolute atomic E-state index is 0.0386. The Labute approximate surface area is 231 Å². The van der Waals surface area contributed by atoms with Crippen LogP contribution in [0.4, 0.5) is 32.2 Å². The summed E-state index contributed by atoms with van der Waals surface area (Å²) < 4.78 is 85.9. The number of halogens is 7. The second kappa shape index (κ2) is 11.5. The van der Waals surface area contributed by atoms with Crippen molar-refractivity contribution in [1.82, 2.24) is 14.8 Å². The molecule has 1 aliphatic rings. The SMILES string of the molecule is CN1CCN(c2cc(Oc3ccccc3Cl)c(C(=O)N(C)Cc3cc(C(F)(F)F)cc(C(F)(F)F)c3)cn2)CC1. The minimum atomic E-state index is -5.00. The van der Waals surface area contributed by atoms with Crippen LogP contribution in [0, 0.1) is 0 Å². The molecular weight excluding hydrogens is 562 g/mol. The Morgan fingerprint density at radius 3 is 2.12 bits per heavy atom. The highest BCUT2D eigenvalue weighted by atomic mass is 35.5. The normalized spacial score (nSPS) is 14.8. The molecule has 0 N–H and O–H groups in total. The summed E-state index contributed by atoms with van der Waals surface area (Å²) in [6.07, 6.45) is -8.72. The number of likely N-dealkylation sites (N-methyl/N-ethyl adjacent to an activating group) is 1. The van der Waals surface area contributed by atoms with Crippen LogP contribution in [-0.2, 0) is 18.9 Å². The van der Waals surface area contributed by atoms with Crippen LogP contribution in [0.15, 0.2) is 54.7 Å². The number of para-hydroxylation sites is 1. The lowest BCUT2D eigenvalue weighted by atomic mass is 10.0. The lowest BCUT2D eigenvalue weighted by molar-refractivity contribution is -0.143. The van der Waals surface area contributed by atoms with Gasteiger partial charge in [-0.2, -0.15) is 26.3 Å². The van der Waals surface area contributed by atoms with E-state index in [4.69, 9.17) is 16.3 Å². The summed E-state index contributed by atoms with van der Waals surface area (Å²) >= 11 is 6.25. The van der Waals surface area contributed by atoms with Gasteiger partial charge < -0.3 is 19.4 Å². The van der Waals surface area contributed by atoms with Gasteiger partial charge in [0.05, 0.1) is 16.1 Å². The van der Waals surface area contributed by atoms with E-state index in [0.717, 1.165) is 18.0 Å². The third kappa shape index (κ3) is 6.97. The Hall–Kier alpha value is -3.51. The summed E-state index contributed by atoms with van der Waals surface area (Å²) in [6, 6.07) is 9.37. The summed E-state index contributed by atoms with van der Waals surface area (Å²) in [5.74, 6) is 0.172. The molecule has 0 radical (unpaired) electrons. The fraction of sp³-hybridized carbons (Fsp3) is 0.333. The first kappa shape index (κ1) is 29.5. The summed E-state index contributed by atoms with van der Waals surface area (Å²) in [4.78, 5) is 23.0. The highest BCUT2D eigenvalue weighted by Crippen LogP contribution is 2.37. The van der Waals surface area contributed by atoms with Gasteiger partial charge in [0, 0.05) is 52.0 Å². The smallest absolute Gasteiger partial charge is 0.416 e. The number of amides is 1. The molecule has 3 aromatic rings. The number of rotatable bonds is 6. The van der Waals surface area contributed by atoms with Crippen molar-refractivity contribution in [2.75, 3.05) is 45.2 Å². The molecule has 0 unspecified atom stereocenters. The lowest BCUT2D eigenvalue weighted by Crippen LogP contribution is -2.44. The van der Waals surface area contributed by atoms with E-state index in [9.17, 15) is 31.1 Å². The predicted octanol–water partition coefficient (Wildman–Crippen LogP) is 6.59. The van der Waals surface area contributed by atoms with Crippen LogP contribution in [0.2, 0.25) is 5.02 Å². The number of aromatic nitrogens is 1. The number of benzene rings is 2. The molecule has 2 aromatic carbocycles. The van der Waals surface area contributed by atoms with E-state index in [0.29, 0.717) is 31.0 Å². The lowest BCUT2D eigenvalue weighted by Gasteiger charge is -2.33. The van der Waals surface area contributed by atoms with Crippen LogP contribution in [-0.4, -0.2) is 61.0 Å². The Morgan fingerprint density at radius 1 is 0.950 bits per heavy atom. The topological polar surface area (TPSA) is 48.9 Å². The minimum Gasteiger partial charge on any atom is -0.455 e. The highest BCUT2D eigenvalue weighted by molar-refractivity contribution is 6.32. The van der Waals surface area contributed by atoms with Gasteiger partial charge in [-0.1, -0.05) is 23.7 Å². The van der Waals surface area contributed by atoms with Crippen LogP contribution in [0.3, 0.4) is 0 Å². The van der Waals surface area contributed by atoms with Crippen molar-refractivity contribution in [3.05, 3.63) is 82.0 Å². The van der Waals surface area contributed by atoms with Crippen LogP contribution in [0.5, 0.6) is 11.5 Å². The van der Waals surface area contributed by atoms with Crippen molar-refractivity contribution in [2.45, 2.75) is 18.9 Å². The van der Waals surface area contributed by atoms with Crippen molar-refractivity contribution in [2.24, 2.45) is 0 Å². The Morgan fingerprint density at radius 2 is 1.55 bits per heavy atom. The molecule has 0 aliphatic carbocycles. The Balaban J connectivity index is 1.67.